The second-order valence-electron chi connectivity index (χ2n) is 13.7. The highest BCUT2D eigenvalue weighted by atomic mass is 15.0. The van der Waals surface area contributed by atoms with E-state index in [1.165, 1.54) is 32.6 Å². The molecule has 0 aliphatic heterocycles. The van der Waals surface area contributed by atoms with Crippen molar-refractivity contribution in [2.75, 3.05) is 0 Å². The van der Waals surface area contributed by atoms with E-state index in [0.29, 0.717) is 5.56 Å². The fourth-order valence-electron chi connectivity index (χ4n) is 8.62. The third-order valence-corrected chi connectivity index (χ3v) is 10.8. The minimum atomic E-state index is 0.654. The van der Waals surface area contributed by atoms with E-state index in [4.69, 9.17) is 0 Å². The van der Waals surface area contributed by atoms with Crippen molar-refractivity contribution < 1.29 is 0 Å². The molecule has 0 N–H and O–H groups in total. The van der Waals surface area contributed by atoms with Gasteiger partial charge >= 0.3 is 0 Å². The number of hydrogen-bond acceptors (Lipinski definition) is 1. The number of benzene rings is 8. The van der Waals surface area contributed by atoms with Crippen LogP contribution in [-0.2, 0) is 0 Å². The average Bonchev–Trinajstić information content (AvgIpc) is 3.86. The highest BCUT2D eigenvalue weighted by Crippen LogP contribution is 2.43. The van der Waals surface area contributed by atoms with Crippen LogP contribution in [0.4, 0.5) is 0 Å². The molecule has 53 heavy (non-hydrogen) atoms. The van der Waals surface area contributed by atoms with Gasteiger partial charge in [-0.15, -0.1) is 0 Å². The highest BCUT2D eigenvalue weighted by Gasteiger charge is 2.21. The lowest BCUT2D eigenvalue weighted by atomic mass is 10.0. The van der Waals surface area contributed by atoms with E-state index in [-0.39, 0.29) is 0 Å². The summed E-state index contributed by atoms with van der Waals surface area (Å²) in [7, 11) is 0. The molecule has 0 unspecified atom stereocenters. The van der Waals surface area contributed by atoms with Gasteiger partial charge < -0.3 is 13.7 Å². The lowest BCUT2D eigenvalue weighted by molar-refractivity contribution is 1.17. The summed E-state index contributed by atoms with van der Waals surface area (Å²) in [5, 5.41) is 17.1. The number of hydrogen-bond donors (Lipinski definition) is 0. The molecule has 0 amide bonds. The fraction of sp³-hybridized carbons (Fsp3) is 0. The van der Waals surface area contributed by atoms with Gasteiger partial charge in [0.15, 0.2) is 0 Å². The maximum absolute atomic E-state index is 9.95. The van der Waals surface area contributed by atoms with Crippen LogP contribution in [0.25, 0.3) is 93.6 Å². The predicted molar refractivity (Wildman–Crippen MR) is 220 cm³/mol. The van der Waals surface area contributed by atoms with Crippen molar-refractivity contribution >= 4 is 65.4 Å². The van der Waals surface area contributed by atoms with Crippen LogP contribution in [0.5, 0.6) is 0 Å². The summed E-state index contributed by atoms with van der Waals surface area (Å²) in [6, 6.07) is 67.2. The first-order valence-corrected chi connectivity index (χ1v) is 17.9. The van der Waals surface area contributed by atoms with Gasteiger partial charge in [0.05, 0.1) is 44.7 Å². The summed E-state index contributed by atoms with van der Waals surface area (Å²) in [4.78, 5) is 0. The van der Waals surface area contributed by atoms with Crippen LogP contribution in [-0.4, -0.2) is 13.7 Å². The number of aromatic nitrogens is 3. The first-order chi connectivity index (χ1) is 26.3. The molecule has 0 spiro atoms. The van der Waals surface area contributed by atoms with Crippen LogP contribution in [0.3, 0.4) is 0 Å². The topological polar surface area (TPSA) is 38.6 Å². The Hall–Kier alpha value is -7.35. The van der Waals surface area contributed by atoms with Crippen LogP contribution in [0, 0.1) is 11.3 Å². The molecule has 0 aliphatic carbocycles. The molecule has 0 saturated heterocycles. The fourth-order valence-corrected chi connectivity index (χ4v) is 8.62. The number of nitriles is 1. The lowest BCUT2D eigenvalue weighted by Crippen LogP contribution is -1.96. The second kappa shape index (κ2) is 11.3. The summed E-state index contributed by atoms with van der Waals surface area (Å²) in [6.07, 6.45) is 0. The third kappa shape index (κ3) is 4.29. The molecule has 0 atom stereocenters. The molecule has 0 bridgehead atoms. The SMILES string of the molecule is N#Cc1ccc2c(c1)c1c3c4ccccc4n(-c4cccc(-c5cccc(-n6c7ccccc7c7ccccc76)c5)c4)c3ccc1n2-c1ccccc1. The van der Waals surface area contributed by atoms with Gasteiger partial charge in [0, 0.05) is 49.4 Å². The number of fused-ring (bicyclic) bond motifs is 10. The Morgan fingerprint density at radius 1 is 0.321 bits per heavy atom. The maximum Gasteiger partial charge on any atom is 0.0991 e. The van der Waals surface area contributed by atoms with Gasteiger partial charge in [-0.05, 0) is 96.1 Å². The first-order valence-electron chi connectivity index (χ1n) is 17.9. The first kappa shape index (κ1) is 29.4. The van der Waals surface area contributed by atoms with Crippen molar-refractivity contribution in [2.45, 2.75) is 0 Å². The molecular weight excluding hydrogens is 645 g/mol. The Morgan fingerprint density at radius 2 is 0.755 bits per heavy atom. The van der Waals surface area contributed by atoms with Crippen molar-refractivity contribution in [3.63, 3.8) is 0 Å². The van der Waals surface area contributed by atoms with Gasteiger partial charge in [-0.25, -0.2) is 0 Å². The molecule has 3 heterocycles. The zero-order valence-corrected chi connectivity index (χ0v) is 28.6. The van der Waals surface area contributed by atoms with Gasteiger partial charge in [0.2, 0.25) is 0 Å². The lowest BCUT2D eigenvalue weighted by Gasteiger charge is -2.13. The van der Waals surface area contributed by atoms with Crippen molar-refractivity contribution in [3.05, 3.63) is 188 Å². The summed E-state index contributed by atoms with van der Waals surface area (Å²) in [6.45, 7) is 0. The Labute approximate surface area is 305 Å². The minimum absolute atomic E-state index is 0.654. The molecule has 0 aliphatic rings. The van der Waals surface area contributed by atoms with Crippen molar-refractivity contribution in [1.82, 2.24) is 13.7 Å². The van der Waals surface area contributed by atoms with E-state index in [0.717, 1.165) is 61.0 Å². The molecule has 11 rings (SSSR count). The number of para-hydroxylation sites is 4. The van der Waals surface area contributed by atoms with Crippen LogP contribution in [0.2, 0.25) is 0 Å². The molecule has 8 aromatic carbocycles. The molecule has 0 saturated carbocycles. The average molecular weight is 675 g/mol. The second-order valence-corrected chi connectivity index (χ2v) is 13.7. The number of nitrogens with zero attached hydrogens (tertiary/aromatic N) is 4. The van der Waals surface area contributed by atoms with Gasteiger partial charge in [-0.2, -0.15) is 5.26 Å². The van der Waals surface area contributed by atoms with Crippen molar-refractivity contribution in [3.8, 4) is 34.3 Å². The van der Waals surface area contributed by atoms with Crippen molar-refractivity contribution in [1.29, 1.82) is 5.26 Å². The molecule has 11 aromatic rings. The Bertz CT molecular complexity index is 3240. The van der Waals surface area contributed by atoms with Crippen LogP contribution < -0.4 is 0 Å². The van der Waals surface area contributed by atoms with E-state index < -0.39 is 0 Å². The van der Waals surface area contributed by atoms with Crippen LogP contribution >= 0.6 is 0 Å². The molecule has 4 heteroatoms. The quantitative estimate of drug-likeness (QED) is 0.183. The van der Waals surface area contributed by atoms with Gasteiger partial charge in [0.1, 0.15) is 0 Å². The van der Waals surface area contributed by atoms with Gasteiger partial charge in [-0.3, -0.25) is 0 Å². The Balaban J connectivity index is 1.14. The monoisotopic (exact) mass is 674 g/mol. The molecule has 3 aromatic heterocycles. The molecular formula is C49H30N4. The summed E-state index contributed by atoms with van der Waals surface area (Å²) < 4.78 is 7.09. The molecule has 0 radical (unpaired) electrons. The van der Waals surface area contributed by atoms with E-state index in [9.17, 15) is 5.26 Å². The van der Waals surface area contributed by atoms with Crippen LogP contribution in [0.1, 0.15) is 5.56 Å². The van der Waals surface area contributed by atoms with E-state index in [1.807, 2.05) is 18.2 Å². The highest BCUT2D eigenvalue weighted by molar-refractivity contribution is 6.29. The van der Waals surface area contributed by atoms with Crippen LogP contribution in [0.15, 0.2) is 182 Å². The zero-order chi connectivity index (χ0) is 35.0. The number of rotatable bonds is 4. The largest absolute Gasteiger partial charge is 0.309 e. The zero-order valence-electron chi connectivity index (χ0n) is 28.6. The summed E-state index contributed by atoms with van der Waals surface area (Å²) in [5.41, 5.74) is 13.2. The van der Waals surface area contributed by atoms with Crippen molar-refractivity contribution in [2.24, 2.45) is 0 Å². The van der Waals surface area contributed by atoms with E-state index in [2.05, 4.69) is 184 Å². The summed E-state index contributed by atoms with van der Waals surface area (Å²) in [5.74, 6) is 0. The normalized spacial score (nSPS) is 11.8. The smallest absolute Gasteiger partial charge is 0.0991 e. The Morgan fingerprint density at radius 3 is 1.36 bits per heavy atom. The Kier molecular flexibility index (Phi) is 6.28. The maximum atomic E-state index is 9.95. The molecule has 4 nitrogen and oxygen atoms in total. The molecule has 0 fully saturated rings. The standard InChI is InChI=1S/C49H30N4/c50-31-32-24-25-45-41(28-32)49-47(51(45)35-14-2-1-3-15-35)27-26-46-48(49)40-20-6-9-23-44(40)53(46)37-17-11-13-34(30-37)33-12-10-16-36(29-33)52-42-21-7-4-18-38(42)39-19-5-8-22-43(39)52/h1-30H. The summed E-state index contributed by atoms with van der Waals surface area (Å²) >= 11 is 0. The predicted octanol–water partition coefficient (Wildman–Crippen LogP) is 12.5. The van der Waals surface area contributed by atoms with E-state index >= 15 is 0 Å². The van der Waals surface area contributed by atoms with Gasteiger partial charge in [0.25, 0.3) is 0 Å². The third-order valence-electron chi connectivity index (χ3n) is 10.8. The molecule has 246 valence electrons. The van der Waals surface area contributed by atoms with E-state index in [1.54, 1.807) is 0 Å². The van der Waals surface area contributed by atoms with Gasteiger partial charge in [-0.1, -0.05) is 97.1 Å². The minimum Gasteiger partial charge on any atom is -0.309 e.